The molecule has 0 spiro atoms. The Labute approximate surface area is 164 Å². The SMILES string of the molecule is COc1ccccc1CCNc1cc(NCCc2ccc(Cl)cc2)ncn1. The van der Waals surface area contributed by atoms with Crippen LogP contribution in [-0.2, 0) is 12.8 Å². The number of para-hydroxylation sites is 1. The quantitative estimate of drug-likeness (QED) is 0.572. The summed E-state index contributed by atoms with van der Waals surface area (Å²) in [5, 5.41) is 7.42. The Kier molecular flexibility index (Phi) is 6.88. The molecule has 0 fully saturated rings. The van der Waals surface area contributed by atoms with Crippen LogP contribution in [0.25, 0.3) is 0 Å². The number of halogens is 1. The fraction of sp³-hybridized carbons (Fsp3) is 0.238. The number of ether oxygens (including phenoxy) is 1. The molecule has 3 rings (SSSR count). The van der Waals surface area contributed by atoms with Crippen LogP contribution < -0.4 is 15.4 Å². The van der Waals surface area contributed by atoms with Gasteiger partial charge in [0.05, 0.1) is 7.11 Å². The Balaban J connectivity index is 1.47. The van der Waals surface area contributed by atoms with Gasteiger partial charge in [0.1, 0.15) is 23.7 Å². The van der Waals surface area contributed by atoms with Crippen LogP contribution in [0.3, 0.4) is 0 Å². The van der Waals surface area contributed by atoms with Crippen molar-refractivity contribution in [2.45, 2.75) is 12.8 Å². The molecule has 1 aromatic heterocycles. The molecule has 0 unspecified atom stereocenters. The van der Waals surface area contributed by atoms with Gasteiger partial charge in [-0.15, -0.1) is 0 Å². The zero-order chi connectivity index (χ0) is 18.9. The minimum absolute atomic E-state index is 0.756. The van der Waals surface area contributed by atoms with E-state index in [0.717, 1.165) is 48.3 Å². The maximum Gasteiger partial charge on any atom is 0.131 e. The van der Waals surface area contributed by atoms with E-state index in [4.69, 9.17) is 16.3 Å². The van der Waals surface area contributed by atoms with Crippen molar-refractivity contribution >= 4 is 23.2 Å². The summed E-state index contributed by atoms with van der Waals surface area (Å²) in [5.41, 5.74) is 2.40. The Morgan fingerprint density at radius 1 is 0.889 bits per heavy atom. The molecule has 2 aromatic carbocycles. The summed E-state index contributed by atoms with van der Waals surface area (Å²) in [5.74, 6) is 2.51. The summed E-state index contributed by atoms with van der Waals surface area (Å²) in [6.07, 6.45) is 3.32. The second-order valence-electron chi connectivity index (χ2n) is 6.08. The van der Waals surface area contributed by atoms with Gasteiger partial charge in [-0.3, -0.25) is 0 Å². The molecule has 140 valence electrons. The molecule has 6 heteroatoms. The normalized spacial score (nSPS) is 10.4. The molecular weight excluding hydrogens is 360 g/mol. The van der Waals surface area contributed by atoms with E-state index >= 15 is 0 Å². The van der Waals surface area contributed by atoms with Crippen molar-refractivity contribution in [1.29, 1.82) is 0 Å². The number of methoxy groups -OCH3 is 1. The van der Waals surface area contributed by atoms with Gasteiger partial charge in [-0.25, -0.2) is 9.97 Å². The van der Waals surface area contributed by atoms with Crippen LogP contribution in [0.1, 0.15) is 11.1 Å². The summed E-state index contributed by atoms with van der Waals surface area (Å²) in [4.78, 5) is 8.56. The molecule has 0 bridgehead atoms. The van der Waals surface area contributed by atoms with Crippen molar-refractivity contribution < 1.29 is 4.74 Å². The third-order valence-corrected chi connectivity index (χ3v) is 4.45. The van der Waals surface area contributed by atoms with Gasteiger partial charge in [-0.1, -0.05) is 41.9 Å². The summed E-state index contributed by atoms with van der Waals surface area (Å²) in [6.45, 7) is 1.56. The summed E-state index contributed by atoms with van der Waals surface area (Å²) in [6, 6.07) is 17.9. The Hall–Kier alpha value is -2.79. The average molecular weight is 383 g/mol. The molecule has 0 amide bonds. The van der Waals surface area contributed by atoms with Gasteiger partial charge >= 0.3 is 0 Å². The standard InChI is InChI=1S/C21H23ClN4O/c1-27-19-5-3-2-4-17(19)11-13-24-21-14-20(25-15-26-21)23-12-10-16-6-8-18(22)9-7-16/h2-9,14-15H,10-13H2,1H3,(H2,23,24,25,26). The number of hydrogen-bond acceptors (Lipinski definition) is 5. The molecule has 27 heavy (non-hydrogen) atoms. The molecule has 1 heterocycles. The van der Waals surface area contributed by atoms with Crippen LogP contribution in [0.5, 0.6) is 5.75 Å². The Bertz CT molecular complexity index is 855. The lowest BCUT2D eigenvalue weighted by molar-refractivity contribution is 0.410. The number of anilines is 2. The zero-order valence-corrected chi connectivity index (χ0v) is 16.0. The predicted molar refractivity (Wildman–Crippen MR) is 111 cm³/mol. The Morgan fingerprint density at radius 2 is 1.56 bits per heavy atom. The molecule has 2 N–H and O–H groups in total. The lowest BCUT2D eigenvalue weighted by Gasteiger charge is -2.10. The smallest absolute Gasteiger partial charge is 0.131 e. The van der Waals surface area contributed by atoms with Crippen molar-refractivity contribution in [3.63, 3.8) is 0 Å². The minimum Gasteiger partial charge on any atom is -0.496 e. The first-order chi connectivity index (χ1) is 13.2. The molecule has 0 radical (unpaired) electrons. The van der Waals surface area contributed by atoms with Gasteiger partial charge in [0.15, 0.2) is 0 Å². The number of hydrogen-bond donors (Lipinski definition) is 2. The first kappa shape index (κ1) is 19.0. The lowest BCUT2D eigenvalue weighted by atomic mass is 10.1. The lowest BCUT2D eigenvalue weighted by Crippen LogP contribution is -2.10. The number of nitrogens with zero attached hydrogens (tertiary/aromatic N) is 2. The molecule has 0 aliphatic rings. The first-order valence-corrected chi connectivity index (χ1v) is 9.28. The highest BCUT2D eigenvalue weighted by Crippen LogP contribution is 2.18. The Morgan fingerprint density at radius 3 is 2.26 bits per heavy atom. The average Bonchev–Trinajstić information content (AvgIpc) is 2.70. The van der Waals surface area contributed by atoms with Crippen LogP contribution in [0, 0.1) is 0 Å². The first-order valence-electron chi connectivity index (χ1n) is 8.91. The molecule has 0 atom stereocenters. The van der Waals surface area contributed by atoms with Gasteiger partial charge in [-0.05, 0) is 42.2 Å². The van der Waals surface area contributed by atoms with E-state index in [2.05, 4.69) is 26.7 Å². The maximum atomic E-state index is 5.91. The van der Waals surface area contributed by atoms with E-state index in [1.54, 1.807) is 13.4 Å². The van der Waals surface area contributed by atoms with Gasteiger partial charge in [0, 0.05) is 24.2 Å². The number of nitrogens with one attached hydrogen (secondary N) is 2. The second kappa shape index (κ2) is 9.78. The third kappa shape index (κ3) is 5.86. The monoisotopic (exact) mass is 382 g/mol. The van der Waals surface area contributed by atoms with Crippen LogP contribution in [-0.4, -0.2) is 30.2 Å². The van der Waals surface area contributed by atoms with Crippen molar-refractivity contribution in [3.8, 4) is 5.75 Å². The van der Waals surface area contributed by atoms with Crippen molar-refractivity contribution in [2.24, 2.45) is 0 Å². The fourth-order valence-electron chi connectivity index (χ4n) is 2.77. The highest BCUT2D eigenvalue weighted by atomic mass is 35.5. The predicted octanol–water partition coefficient (Wildman–Crippen LogP) is 4.45. The molecule has 0 saturated heterocycles. The molecular formula is C21H23ClN4O. The topological polar surface area (TPSA) is 59.1 Å². The van der Waals surface area contributed by atoms with Crippen LogP contribution in [0.4, 0.5) is 11.6 Å². The summed E-state index contributed by atoms with van der Waals surface area (Å²) in [7, 11) is 1.69. The van der Waals surface area contributed by atoms with Crippen molar-refractivity contribution in [1.82, 2.24) is 9.97 Å². The highest BCUT2D eigenvalue weighted by molar-refractivity contribution is 6.30. The fourth-order valence-corrected chi connectivity index (χ4v) is 2.90. The van der Waals surface area contributed by atoms with Gasteiger partial charge in [0.2, 0.25) is 0 Å². The van der Waals surface area contributed by atoms with E-state index < -0.39 is 0 Å². The van der Waals surface area contributed by atoms with E-state index in [1.807, 2.05) is 48.5 Å². The molecule has 0 aliphatic heterocycles. The largest absolute Gasteiger partial charge is 0.496 e. The second-order valence-corrected chi connectivity index (χ2v) is 6.52. The summed E-state index contributed by atoms with van der Waals surface area (Å²) >= 11 is 5.91. The zero-order valence-electron chi connectivity index (χ0n) is 15.3. The molecule has 5 nitrogen and oxygen atoms in total. The molecule has 0 saturated carbocycles. The van der Waals surface area contributed by atoms with E-state index in [9.17, 15) is 0 Å². The van der Waals surface area contributed by atoms with Gasteiger partial charge in [0.25, 0.3) is 0 Å². The van der Waals surface area contributed by atoms with Gasteiger partial charge < -0.3 is 15.4 Å². The summed E-state index contributed by atoms with van der Waals surface area (Å²) < 4.78 is 5.38. The van der Waals surface area contributed by atoms with E-state index in [1.165, 1.54) is 11.1 Å². The number of rotatable bonds is 9. The van der Waals surface area contributed by atoms with Gasteiger partial charge in [-0.2, -0.15) is 0 Å². The molecule has 3 aromatic rings. The highest BCUT2D eigenvalue weighted by Gasteiger charge is 2.03. The van der Waals surface area contributed by atoms with Crippen molar-refractivity contribution in [2.75, 3.05) is 30.8 Å². The molecule has 0 aliphatic carbocycles. The van der Waals surface area contributed by atoms with E-state index in [0.29, 0.717) is 0 Å². The maximum absolute atomic E-state index is 5.91. The van der Waals surface area contributed by atoms with Crippen LogP contribution in [0.15, 0.2) is 60.9 Å². The van der Waals surface area contributed by atoms with Crippen molar-refractivity contribution in [3.05, 3.63) is 77.1 Å². The van der Waals surface area contributed by atoms with Crippen LogP contribution >= 0.6 is 11.6 Å². The number of benzene rings is 2. The minimum atomic E-state index is 0.756. The third-order valence-electron chi connectivity index (χ3n) is 4.19. The number of aromatic nitrogens is 2. The van der Waals surface area contributed by atoms with E-state index in [-0.39, 0.29) is 0 Å². The van der Waals surface area contributed by atoms with Crippen LogP contribution in [0.2, 0.25) is 5.02 Å².